The van der Waals surface area contributed by atoms with Crippen molar-refractivity contribution < 1.29 is 9.13 Å². The molecule has 3 aromatic carbocycles. The van der Waals surface area contributed by atoms with Crippen LogP contribution in [0.2, 0.25) is 0 Å². The van der Waals surface area contributed by atoms with Gasteiger partial charge in [-0.05, 0) is 53.3 Å². The van der Waals surface area contributed by atoms with Gasteiger partial charge >= 0.3 is 0 Å². The van der Waals surface area contributed by atoms with Gasteiger partial charge in [-0.2, -0.15) is 0 Å². The Bertz CT molecular complexity index is 1030. The van der Waals surface area contributed by atoms with Crippen LogP contribution in [0.5, 0.6) is 5.75 Å². The van der Waals surface area contributed by atoms with Crippen LogP contribution in [-0.4, -0.2) is 7.11 Å². The number of aryl methyl sites for hydroxylation is 1. The predicted molar refractivity (Wildman–Crippen MR) is 143 cm³/mol. The Morgan fingerprint density at radius 3 is 2.21 bits per heavy atom. The Hall–Kier alpha value is -2.35. The first-order valence-electron chi connectivity index (χ1n) is 13.5. The highest BCUT2D eigenvalue weighted by Crippen LogP contribution is 2.35. The summed E-state index contributed by atoms with van der Waals surface area (Å²) in [6.07, 6.45) is 16.5. The van der Waals surface area contributed by atoms with Crippen molar-refractivity contribution in [2.24, 2.45) is 11.8 Å². The van der Waals surface area contributed by atoms with Crippen LogP contribution in [0.25, 0.3) is 21.9 Å². The van der Waals surface area contributed by atoms with Crippen molar-refractivity contribution in [2.45, 2.75) is 84.0 Å². The van der Waals surface area contributed by atoms with Crippen molar-refractivity contribution in [1.29, 1.82) is 0 Å². The highest BCUT2D eigenvalue weighted by Gasteiger charge is 2.20. The fourth-order valence-corrected chi connectivity index (χ4v) is 5.71. The number of fused-ring (bicyclic) bond motifs is 1. The van der Waals surface area contributed by atoms with Crippen LogP contribution in [0.15, 0.2) is 54.6 Å². The average molecular weight is 461 g/mol. The van der Waals surface area contributed by atoms with Crippen LogP contribution >= 0.6 is 0 Å². The van der Waals surface area contributed by atoms with Gasteiger partial charge in [-0.1, -0.05) is 114 Å². The zero-order valence-corrected chi connectivity index (χ0v) is 21.1. The van der Waals surface area contributed by atoms with Crippen molar-refractivity contribution >= 4 is 10.8 Å². The molecule has 0 aliphatic heterocycles. The monoisotopic (exact) mass is 460 g/mol. The third-order valence-corrected chi connectivity index (χ3v) is 7.94. The smallest absolute Gasteiger partial charge is 0.138 e. The normalized spacial score (nSPS) is 18.3. The molecule has 182 valence electrons. The first-order chi connectivity index (χ1) is 16.7. The zero-order chi connectivity index (χ0) is 23.8. The van der Waals surface area contributed by atoms with E-state index in [1.54, 1.807) is 7.11 Å². The Labute approximate surface area is 205 Å². The van der Waals surface area contributed by atoms with E-state index in [4.69, 9.17) is 4.74 Å². The SMILES string of the molecule is CCCCCCC[C@H]1CC[C@H](CCc2ccc3c(F)c(-c4ccc(OC)cc4)ccc3c2)CC1. The molecule has 0 spiro atoms. The van der Waals surface area contributed by atoms with E-state index in [1.807, 2.05) is 36.4 Å². The van der Waals surface area contributed by atoms with Crippen molar-refractivity contribution in [3.05, 3.63) is 66.0 Å². The summed E-state index contributed by atoms with van der Waals surface area (Å²) in [5, 5.41) is 1.70. The van der Waals surface area contributed by atoms with E-state index in [0.29, 0.717) is 10.9 Å². The summed E-state index contributed by atoms with van der Waals surface area (Å²) in [5.41, 5.74) is 2.85. The van der Waals surface area contributed by atoms with E-state index in [1.165, 1.54) is 76.2 Å². The summed E-state index contributed by atoms with van der Waals surface area (Å²) in [5.74, 6) is 2.48. The Kier molecular flexibility index (Phi) is 9.02. The predicted octanol–water partition coefficient (Wildman–Crippen LogP) is 9.75. The van der Waals surface area contributed by atoms with Crippen molar-refractivity contribution in [3.8, 4) is 16.9 Å². The second-order valence-electron chi connectivity index (χ2n) is 10.3. The minimum Gasteiger partial charge on any atom is -0.497 e. The van der Waals surface area contributed by atoms with Gasteiger partial charge in [0.15, 0.2) is 0 Å². The molecule has 0 unspecified atom stereocenters. The molecule has 0 radical (unpaired) electrons. The maximum absolute atomic E-state index is 15.3. The van der Waals surface area contributed by atoms with E-state index >= 15 is 4.39 Å². The Morgan fingerprint density at radius 2 is 1.50 bits per heavy atom. The number of rotatable bonds is 11. The fraction of sp³-hybridized carbons (Fsp3) is 0.500. The lowest BCUT2D eigenvalue weighted by Gasteiger charge is -2.28. The number of methoxy groups -OCH3 is 1. The van der Waals surface area contributed by atoms with Crippen LogP contribution < -0.4 is 4.74 Å². The van der Waals surface area contributed by atoms with Gasteiger partial charge in [0.05, 0.1) is 7.11 Å². The molecule has 1 fully saturated rings. The van der Waals surface area contributed by atoms with Gasteiger partial charge in [-0.25, -0.2) is 4.39 Å². The third-order valence-electron chi connectivity index (χ3n) is 7.94. The highest BCUT2D eigenvalue weighted by molar-refractivity contribution is 5.88. The van der Waals surface area contributed by atoms with E-state index in [-0.39, 0.29) is 5.82 Å². The first kappa shape index (κ1) is 24.8. The summed E-state index contributed by atoms with van der Waals surface area (Å²) < 4.78 is 20.5. The first-order valence-corrected chi connectivity index (χ1v) is 13.5. The molecule has 0 amide bonds. The zero-order valence-electron chi connectivity index (χ0n) is 21.1. The minimum atomic E-state index is -0.137. The second kappa shape index (κ2) is 12.4. The minimum absolute atomic E-state index is 0.137. The van der Waals surface area contributed by atoms with Gasteiger partial charge in [0.1, 0.15) is 11.6 Å². The van der Waals surface area contributed by atoms with Crippen molar-refractivity contribution in [2.75, 3.05) is 7.11 Å². The lowest BCUT2D eigenvalue weighted by molar-refractivity contribution is 0.249. The standard InChI is InChI=1S/C32H41FO/c1-3-4-5-6-7-8-24-9-11-25(12-10-24)13-14-26-15-21-31-28(23-26)18-22-30(32(31)33)27-16-19-29(34-2)20-17-27/h15-25H,3-14H2,1-2H3/t24-,25-. The maximum Gasteiger partial charge on any atom is 0.138 e. The Balaban J connectivity index is 1.30. The number of unbranched alkanes of at least 4 members (excludes halogenated alkanes) is 4. The molecule has 0 atom stereocenters. The topological polar surface area (TPSA) is 9.23 Å². The largest absolute Gasteiger partial charge is 0.497 e. The molecule has 1 nitrogen and oxygen atoms in total. The third kappa shape index (κ3) is 6.40. The second-order valence-corrected chi connectivity index (χ2v) is 10.3. The summed E-state index contributed by atoms with van der Waals surface area (Å²) in [7, 11) is 1.64. The van der Waals surface area contributed by atoms with Crippen LogP contribution in [-0.2, 0) is 6.42 Å². The molecule has 0 saturated heterocycles. The van der Waals surface area contributed by atoms with Crippen molar-refractivity contribution in [1.82, 2.24) is 0 Å². The van der Waals surface area contributed by atoms with E-state index < -0.39 is 0 Å². The van der Waals surface area contributed by atoms with Gasteiger partial charge in [-0.3, -0.25) is 0 Å². The summed E-state index contributed by atoms with van der Waals surface area (Å²) in [4.78, 5) is 0. The number of hydrogen-bond donors (Lipinski definition) is 0. The molecular weight excluding hydrogens is 419 g/mol. The molecule has 4 rings (SSSR count). The molecule has 2 heteroatoms. The van der Waals surface area contributed by atoms with E-state index in [9.17, 15) is 0 Å². The fourth-order valence-electron chi connectivity index (χ4n) is 5.71. The molecule has 0 bridgehead atoms. The number of hydrogen-bond acceptors (Lipinski definition) is 1. The van der Waals surface area contributed by atoms with Crippen LogP contribution in [0.1, 0.15) is 83.1 Å². The van der Waals surface area contributed by atoms with Crippen molar-refractivity contribution in [3.63, 3.8) is 0 Å². The highest BCUT2D eigenvalue weighted by atomic mass is 19.1. The van der Waals surface area contributed by atoms with Gasteiger partial charge < -0.3 is 4.74 Å². The van der Waals surface area contributed by atoms with Gasteiger partial charge in [0, 0.05) is 10.9 Å². The molecule has 0 aromatic heterocycles. The lowest BCUT2D eigenvalue weighted by atomic mass is 9.77. The van der Waals surface area contributed by atoms with Gasteiger partial charge in [0.25, 0.3) is 0 Å². The lowest BCUT2D eigenvalue weighted by Crippen LogP contribution is -2.15. The summed E-state index contributed by atoms with van der Waals surface area (Å²) in [6.45, 7) is 2.29. The molecule has 3 aromatic rings. The van der Waals surface area contributed by atoms with Crippen LogP contribution in [0, 0.1) is 17.7 Å². The number of ether oxygens (including phenoxy) is 1. The molecule has 1 saturated carbocycles. The number of halogens is 1. The van der Waals surface area contributed by atoms with Crippen LogP contribution in [0.3, 0.4) is 0 Å². The molecule has 0 heterocycles. The van der Waals surface area contributed by atoms with Gasteiger partial charge in [-0.15, -0.1) is 0 Å². The summed E-state index contributed by atoms with van der Waals surface area (Å²) in [6, 6.07) is 17.9. The molecular formula is C32H41FO. The summed E-state index contributed by atoms with van der Waals surface area (Å²) >= 11 is 0. The van der Waals surface area contributed by atoms with Gasteiger partial charge in [0.2, 0.25) is 0 Å². The average Bonchev–Trinajstić information content (AvgIpc) is 2.88. The van der Waals surface area contributed by atoms with E-state index in [0.717, 1.165) is 35.0 Å². The number of benzene rings is 3. The van der Waals surface area contributed by atoms with E-state index in [2.05, 4.69) is 25.1 Å². The molecule has 0 N–H and O–H groups in total. The Morgan fingerprint density at radius 1 is 0.794 bits per heavy atom. The quantitative estimate of drug-likeness (QED) is 0.259. The molecule has 1 aliphatic carbocycles. The molecule has 1 aliphatic rings. The van der Waals surface area contributed by atoms with Crippen LogP contribution in [0.4, 0.5) is 4.39 Å². The molecule has 34 heavy (non-hydrogen) atoms. The maximum atomic E-state index is 15.3.